The van der Waals surface area contributed by atoms with Crippen molar-refractivity contribution in [1.29, 1.82) is 0 Å². The Morgan fingerprint density at radius 3 is 2.71 bits per heavy atom. The van der Waals surface area contributed by atoms with E-state index in [2.05, 4.69) is 42.1 Å². The fourth-order valence-corrected chi connectivity index (χ4v) is 4.71. The number of imidazole rings is 1. The van der Waals surface area contributed by atoms with Crippen LogP contribution in [0.4, 0.5) is 11.6 Å². The number of carbonyl (C=O) groups is 1. The van der Waals surface area contributed by atoms with E-state index in [0.29, 0.717) is 22.8 Å². The van der Waals surface area contributed by atoms with Crippen LogP contribution in [0.3, 0.4) is 0 Å². The van der Waals surface area contributed by atoms with Crippen molar-refractivity contribution in [3.8, 4) is 5.88 Å². The second-order valence-corrected chi connectivity index (χ2v) is 8.66. The van der Waals surface area contributed by atoms with Gasteiger partial charge in [0.15, 0.2) is 5.82 Å². The molecule has 10 heteroatoms. The van der Waals surface area contributed by atoms with Crippen LogP contribution < -0.4 is 15.0 Å². The lowest BCUT2D eigenvalue weighted by atomic mass is 9.73. The Kier molecular flexibility index (Phi) is 4.73. The van der Waals surface area contributed by atoms with Crippen LogP contribution in [0.5, 0.6) is 5.88 Å². The first kappa shape index (κ1) is 19.7. The molecule has 10 nitrogen and oxygen atoms in total. The zero-order chi connectivity index (χ0) is 21.6. The minimum Gasteiger partial charge on any atom is -0.478 e. The maximum atomic E-state index is 12.7. The number of aromatic nitrogens is 5. The molecule has 0 radical (unpaired) electrons. The van der Waals surface area contributed by atoms with Gasteiger partial charge in [-0.3, -0.25) is 9.20 Å². The van der Waals surface area contributed by atoms with Crippen LogP contribution in [-0.4, -0.2) is 75.5 Å². The molecule has 1 N–H and O–H groups in total. The van der Waals surface area contributed by atoms with Gasteiger partial charge in [0, 0.05) is 31.2 Å². The molecule has 2 aliphatic rings. The summed E-state index contributed by atoms with van der Waals surface area (Å²) in [5.41, 5.74) is 2.04. The van der Waals surface area contributed by atoms with Gasteiger partial charge in [0.2, 0.25) is 5.65 Å². The molecule has 5 rings (SSSR count). The van der Waals surface area contributed by atoms with Crippen molar-refractivity contribution in [3.63, 3.8) is 0 Å². The highest BCUT2D eigenvalue weighted by Crippen LogP contribution is 2.40. The van der Waals surface area contributed by atoms with Crippen LogP contribution in [0.15, 0.2) is 24.8 Å². The number of piperidine rings is 1. The molecule has 0 aliphatic carbocycles. The summed E-state index contributed by atoms with van der Waals surface area (Å²) in [5, 5.41) is 2.76. The number of rotatable bonds is 4. The van der Waals surface area contributed by atoms with Crippen LogP contribution in [0.25, 0.3) is 5.65 Å². The SMILES string of the molecule is COc1nc(NC(=O)c2cnc(N3CC4(CCCN(C)C4)C3)cn2)cn2cc(C)nc12. The average molecular weight is 422 g/mol. The highest BCUT2D eigenvalue weighted by molar-refractivity contribution is 6.02. The van der Waals surface area contributed by atoms with Gasteiger partial charge in [-0.2, -0.15) is 4.98 Å². The summed E-state index contributed by atoms with van der Waals surface area (Å²) < 4.78 is 7.07. The summed E-state index contributed by atoms with van der Waals surface area (Å²) in [5.74, 6) is 1.13. The van der Waals surface area contributed by atoms with E-state index in [1.807, 2.05) is 13.1 Å². The second-order valence-electron chi connectivity index (χ2n) is 8.66. The van der Waals surface area contributed by atoms with Crippen LogP contribution >= 0.6 is 0 Å². The number of amides is 1. The van der Waals surface area contributed by atoms with Crippen molar-refractivity contribution < 1.29 is 9.53 Å². The van der Waals surface area contributed by atoms with E-state index in [9.17, 15) is 4.79 Å². The Labute approximate surface area is 180 Å². The van der Waals surface area contributed by atoms with Crippen molar-refractivity contribution in [2.24, 2.45) is 5.41 Å². The molecule has 31 heavy (non-hydrogen) atoms. The highest BCUT2D eigenvalue weighted by Gasteiger charge is 2.45. The van der Waals surface area contributed by atoms with E-state index in [1.165, 1.54) is 32.7 Å². The van der Waals surface area contributed by atoms with E-state index in [1.54, 1.807) is 16.8 Å². The van der Waals surface area contributed by atoms with Gasteiger partial charge in [0.25, 0.3) is 11.8 Å². The first-order valence-electron chi connectivity index (χ1n) is 10.4. The predicted octanol–water partition coefficient (Wildman–Crippen LogP) is 1.62. The van der Waals surface area contributed by atoms with E-state index in [0.717, 1.165) is 31.1 Å². The Morgan fingerprint density at radius 2 is 2.00 bits per heavy atom. The lowest BCUT2D eigenvalue weighted by Gasteiger charge is -2.54. The zero-order valence-corrected chi connectivity index (χ0v) is 18.0. The molecule has 0 atom stereocenters. The number of anilines is 2. The van der Waals surface area contributed by atoms with E-state index in [-0.39, 0.29) is 11.6 Å². The number of methoxy groups -OCH3 is 1. The van der Waals surface area contributed by atoms with Gasteiger partial charge in [0.05, 0.1) is 31.4 Å². The first-order valence-corrected chi connectivity index (χ1v) is 10.4. The molecule has 5 heterocycles. The van der Waals surface area contributed by atoms with Crippen molar-refractivity contribution in [3.05, 3.63) is 36.2 Å². The average Bonchev–Trinajstić information content (AvgIpc) is 3.11. The summed E-state index contributed by atoms with van der Waals surface area (Å²) >= 11 is 0. The molecule has 1 spiro atoms. The van der Waals surface area contributed by atoms with Gasteiger partial charge in [0.1, 0.15) is 11.5 Å². The number of nitrogens with one attached hydrogen (secondary N) is 1. The maximum absolute atomic E-state index is 12.7. The number of aryl methyl sites for hydroxylation is 1. The number of hydrogen-bond donors (Lipinski definition) is 1. The number of likely N-dealkylation sites (tertiary alicyclic amines) is 1. The molecule has 2 fully saturated rings. The van der Waals surface area contributed by atoms with Gasteiger partial charge < -0.3 is 19.9 Å². The van der Waals surface area contributed by atoms with Gasteiger partial charge in [-0.1, -0.05) is 0 Å². The molecule has 3 aromatic rings. The molecular weight excluding hydrogens is 396 g/mol. The topological polar surface area (TPSA) is 101 Å². The second kappa shape index (κ2) is 7.45. The third-order valence-electron chi connectivity index (χ3n) is 6.06. The number of fused-ring (bicyclic) bond motifs is 1. The molecule has 0 saturated carbocycles. The Hall–Kier alpha value is -3.27. The Bertz CT molecular complexity index is 1120. The number of hydrogen-bond acceptors (Lipinski definition) is 8. The highest BCUT2D eigenvalue weighted by atomic mass is 16.5. The van der Waals surface area contributed by atoms with E-state index in [4.69, 9.17) is 4.74 Å². The summed E-state index contributed by atoms with van der Waals surface area (Å²) in [7, 11) is 3.71. The molecule has 0 aromatic carbocycles. The number of carbonyl (C=O) groups excluding carboxylic acids is 1. The van der Waals surface area contributed by atoms with Crippen molar-refractivity contribution in [2.75, 3.05) is 50.6 Å². The standard InChI is InChI=1S/C21H26N8O2/c1-14-9-28-10-16(26-20(31-3)18(28)24-14)25-19(30)15-7-23-17(8-22-15)29-12-21(13-29)5-4-6-27(2)11-21/h7-10H,4-6,11-13H2,1-3H3,(H,25,30). The zero-order valence-electron chi connectivity index (χ0n) is 18.0. The minimum absolute atomic E-state index is 0.235. The van der Waals surface area contributed by atoms with Crippen LogP contribution in [0.2, 0.25) is 0 Å². The lowest BCUT2D eigenvalue weighted by Crippen LogP contribution is -2.62. The summed E-state index contributed by atoms with van der Waals surface area (Å²) in [6.45, 7) is 6.18. The van der Waals surface area contributed by atoms with Gasteiger partial charge >= 0.3 is 0 Å². The molecular formula is C21H26N8O2. The smallest absolute Gasteiger partial charge is 0.277 e. The summed E-state index contributed by atoms with van der Waals surface area (Å²) in [6.07, 6.45) is 9.23. The monoisotopic (exact) mass is 422 g/mol. The van der Waals surface area contributed by atoms with Gasteiger partial charge in [-0.15, -0.1) is 0 Å². The first-order chi connectivity index (χ1) is 14.9. The van der Waals surface area contributed by atoms with Gasteiger partial charge in [-0.05, 0) is 33.4 Å². The minimum atomic E-state index is -0.376. The largest absolute Gasteiger partial charge is 0.478 e. The Balaban J connectivity index is 1.26. The molecule has 2 aliphatic heterocycles. The van der Waals surface area contributed by atoms with Crippen molar-refractivity contribution in [1.82, 2.24) is 29.2 Å². The van der Waals surface area contributed by atoms with Crippen molar-refractivity contribution in [2.45, 2.75) is 19.8 Å². The van der Waals surface area contributed by atoms with Crippen molar-refractivity contribution >= 4 is 23.2 Å². The number of nitrogens with zero attached hydrogens (tertiary/aromatic N) is 7. The van der Waals surface area contributed by atoms with Crippen LogP contribution in [0, 0.1) is 12.3 Å². The van der Waals surface area contributed by atoms with Crippen LogP contribution in [-0.2, 0) is 0 Å². The molecule has 1 amide bonds. The van der Waals surface area contributed by atoms with Gasteiger partial charge in [-0.25, -0.2) is 15.0 Å². The maximum Gasteiger partial charge on any atom is 0.277 e. The molecule has 0 unspecified atom stereocenters. The third-order valence-corrected chi connectivity index (χ3v) is 6.06. The van der Waals surface area contributed by atoms with E-state index < -0.39 is 0 Å². The predicted molar refractivity (Wildman–Crippen MR) is 116 cm³/mol. The normalized spacial score (nSPS) is 18.2. The van der Waals surface area contributed by atoms with Crippen LogP contribution in [0.1, 0.15) is 29.0 Å². The summed E-state index contributed by atoms with van der Waals surface area (Å²) in [6, 6.07) is 0. The molecule has 2 saturated heterocycles. The summed E-state index contributed by atoms with van der Waals surface area (Å²) in [4.78, 5) is 34.8. The fraction of sp³-hybridized carbons (Fsp3) is 0.476. The number of ether oxygens (including phenoxy) is 1. The molecule has 3 aromatic heterocycles. The molecule has 162 valence electrons. The fourth-order valence-electron chi connectivity index (χ4n) is 4.71. The van der Waals surface area contributed by atoms with E-state index >= 15 is 0 Å². The quantitative estimate of drug-likeness (QED) is 0.677. The Morgan fingerprint density at radius 1 is 1.16 bits per heavy atom. The molecule has 0 bridgehead atoms. The third kappa shape index (κ3) is 3.67. The lowest BCUT2D eigenvalue weighted by molar-refractivity contribution is 0.0777.